The zero-order valence-corrected chi connectivity index (χ0v) is 12.9. The van der Waals surface area contributed by atoms with Gasteiger partial charge < -0.3 is 10.1 Å². The monoisotopic (exact) mass is 324 g/mol. The van der Waals surface area contributed by atoms with Crippen molar-refractivity contribution in [1.29, 1.82) is 0 Å². The summed E-state index contributed by atoms with van der Waals surface area (Å²) in [6, 6.07) is 7.14. The van der Waals surface area contributed by atoms with Gasteiger partial charge in [0.1, 0.15) is 5.75 Å². The third-order valence-corrected chi connectivity index (χ3v) is 4.79. The zero-order valence-electron chi connectivity index (χ0n) is 11.4. The minimum absolute atomic E-state index is 0.731. The number of nitrogens with zero attached hydrogens (tertiary/aromatic N) is 1. The second-order valence-electron chi connectivity index (χ2n) is 5.55. The van der Waals surface area contributed by atoms with Crippen LogP contribution in [0.4, 0.5) is 0 Å². The molecule has 1 N–H and O–H groups in total. The van der Waals surface area contributed by atoms with E-state index in [1.165, 1.54) is 18.4 Å². The lowest BCUT2D eigenvalue weighted by atomic mass is 10.1. The topological polar surface area (TPSA) is 24.5 Å². The van der Waals surface area contributed by atoms with Crippen LogP contribution in [0.2, 0.25) is 0 Å². The van der Waals surface area contributed by atoms with E-state index in [4.69, 9.17) is 4.74 Å². The minimum atomic E-state index is 0.731. The molecule has 19 heavy (non-hydrogen) atoms. The number of hydrogen-bond acceptors (Lipinski definition) is 3. The number of methoxy groups -OCH3 is 1. The number of halogens is 1. The van der Waals surface area contributed by atoms with E-state index in [9.17, 15) is 0 Å². The van der Waals surface area contributed by atoms with Crippen LogP contribution in [0.5, 0.6) is 5.75 Å². The highest BCUT2D eigenvalue weighted by atomic mass is 79.9. The van der Waals surface area contributed by atoms with E-state index < -0.39 is 0 Å². The van der Waals surface area contributed by atoms with Gasteiger partial charge >= 0.3 is 0 Å². The summed E-state index contributed by atoms with van der Waals surface area (Å²) in [4.78, 5) is 2.64. The molecule has 104 valence electrons. The molecule has 0 bridgehead atoms. The second kappa shape index (κ2) is 5.81. The Balaban J connectivity index is 1.70. The summed E-state index contributed by atoms with van der Waals surface area (Å²) in [5, 5.41) is 3.53. The first-order valence-corrected chi connectivity index (χ1v) is 7.84. The van der Waals surface area contributed by atoms with Gasteiger partial charge in [0.15, 0.2) is 0 Å². The number of rotatable bonds is 4. The van der Waals surface area contributed by atoms with Gasteiger partial charge in [0.2, 0.25) is 0 Å². The van der Waals surface area contributed by atoms with E-state index in [0.717, 1.165) is 48.4 Å². The normalized spacial score (nSPS) is 24.4. The molecule has 0 radical (unpaired) electrons. The summed E-state index contributed by atoms with van der Waals surface area (Å²) in [7, 11) is 1.71. The maximum Gasteiger partial charge on any atom is 0.133 e. The molecule has 1 unspecified atom stereocenters. The Bertz CT molecular complexity index is 448. The van der Waals surface area contributed by atoms with Crippen molar-refractivity contribution in [2.45, 2.75) is 25.4 Å². The summed E-state index contributed by atoms with van der Waals surface area (Å²) in [5.74, 6) is 1.83. The smallest absolute Gasteiger partial charge is 0.133 e. The highest BCUT2D eigenvalue weighted by Crippen LogP contribution is 2.36. The molecule has 1 saturated carbocycles. The summed E-state index contributed by atoms with van der Waals surface area (Å²) < 4.78 is 6.34. The average molecular weight is 325 g/mol. The molecule has 1 heterocycles. The van der Waals surface area contributed by atoms with E-state index in [2.05, 4.69) is 38.3 Å². The van der Waals surface area contributed by atoms with E-state index >= 15 is 0 Å². The number of piperazine rings is 1. The van der Waals surface area contributed by atoms with E-state index in [0.29, 0.717) is 0 Å². The molecular weight excluding hydrogens is 304 g/mol. The van der Waals surface area contributed by atoms with Crippen LogP contribution in [0.25, 0.3) is 0 Å². The van der Waals surface area contributed by atoms with Crippen LogP contribution in [0.3, 0.4) is 0 Å². The first-order chi connectivity index (χ1) is 9.28. The lowest BCUT2D eigenvalue weighted by molar-refractivity contribution is 0.135. The largest absolute Gasteiger partial charge is 0.496 e. The van der Waals surface area contributed by atoms with Crippen molar-refractivity contribution in [3.05, 3.63) is 28.2 Å². The fraction of sp³-hybridized carbons (Fsp3) is 0.600. The van der Waals surface area contributed by atoms with Gasteiger partial charge in [-0.2, -0.15) is 0 Å². The van der Waals surface area contributed by atoms with E-state index in [1.807, 2.05) is 6.07 Å². The first kappa shape index (κ1) is 13.4. The molecule has 3 nitrogen and oxygen atoms in total. The Morgan fingerprint density at radius 1 is 1.42 bits per heavy atom. The Morgan fingerprint density at radius 3 is 2.95 bits per heavy atom. The molecule has 0 aromatic heterocycles. The molecule has 1 aromatic rings. The maximum atomic E-state index is 5.29. The molecule has 1 aliphatic heterocycles. The lowest BCUT2D eigenvalue weighted by Crippen LogP contribution is -2.51. The molecule has 2 aliphatic rings. The summed E-state index contributed by atoms with van der Waals surface area (Å²) in [6.07, 6.45) is 2.82. The van der Waals surface area contributed by atoms with Crippen molar-refractivity contribution in [2.24, 2.45) is 5.92 Å². The van der Waals surface area contributed by atoms with Gasteiger partial charge in [0.05, 0.1) is 11.6 Å². The van der Waals surface area contributed by atoms with Crippen LogP contribution in [-0.4, -0.2) is 37.7 Å². The van der Waals surface area contributed by atoms with Crippen molar-refractivity contribution >= 4 is 15.9 Å². The predicted molar refractivity (Wildman–Crippen MR) is 80.5 cm³/mol. The van der Waals surface area contributed by atoms with Gasteiger partial charge in [0, 0.05) is 32.2 Å². The SMILES string of the molecule is COc1ccc(CN2CCNCC2C2CC2)cc1Br. The Morgan fingerprint density at radius 2 is 2.26 bits per heavy atom. The number of hydrogen-bond donors (Lipinski definition) is 1. The number of nitrogens with one attached hydrogen (secondary N) is 1. The fourth-order valence-corrected chi connectivity index (χ4v) is 3.54. The van der Waals surface area contributed by atoms with E-state index in [1.54, 1.807) is 7.11 Å². The molecule has 4 heteroatoms. The van der Waals surface area contributed by atoms with Crippen molar-refractivity contribution in [3.63, 3.8) is 0 Å². The van der Waals surface area contributed by atoms with Gasteiger partial charge in [0.25, 0.3) is 0 Å². The standard InChI is InChI=1S/C15H21BrN2O/c1-19-15-5-2-11(8-13(15)16)10-18-7-6-17-9-14(18)12-3-4-12/h2,5,8,12,14,17H,3-4,6-7,9-10H2,1H3. The van der Waals surface area contributed by atoms with Crippen LogP contribution < -0.4 is 10.1 Å². The van der Waals surface area contributed by atoms with Crippen LogP contribution in [0.15, 0.2) is 22.7 Å². The Hall–Kier alpha value is -0.580. The van der Waals surface area contributed by atoms with Crippen LogP contribution in [0, 0.1) is 5.92 Å². The third kappa shape index (κ3) is 3.12. The van der Waals surface area contributed by atoms with Crippen LogP contribution >= 0.6 is 15.9 Å². The highest BCUT2D eigenvalue weighted by molar-refractivity contribution is 9.10. The lowest BCUT2D eigenvalue weighted by Gasteiger charge is -2.36. The number of ether oxygens (including phenoxy) is 1. The molecule has 0 amide bonds. The molecule has 0 spiro atoms. The van der Waals surface area contributed by atoms with Crippen molar-refractivity contribution in [1.82, 2.24) is 10.2 Å². The Kier molecular flexibility index (Phi) is 4.10. The third-order valence-electron chi connectivity index (χ3n) is 4.17. The molecule has 1 aliphatic carbocycles. The average Bonchev–Trinajstić information content (AvgIpc) is 3.24. The molecule has 3 rings (SSSR count). The molecular formula is C15H21BrN2O. The molecule has 2 fully saturated rings. The van der Waals surface area contributed by atoms with Gasteiger partial charge in [-0.1, -0.05) is 6.07 Å². The van der Waals surface area contributed by atoms with Gasteiger partial charge in [-0.3, -0.25) is 4.90 Å². The van der Waals surface area contributed by atoms with Crippen molar-refractivity contribution in [2.75, 3.05) is 26.7 Å². The first-order valence-electron chi connectivity index (χ1n) is 7.05. The predicted octanol–water partition coefficient (Wildman–Crippen LogP) is 2.64. The zero-order chi connectivity index (χ0) is 13.2. The molecule has 1 aromatic carbocycles. The van der Waals surface area contributed by atoms with Gasteiger partial charge in [-0.25, -0.2) is 0 Å². The Labute approximate surface area is 123 Å². The van der Waals surface area contributed by atoms with Crippen molar-refractivity contribution in [3.8, 4) is 5.75 Å². The van der Waals surface area contributed by atoms with Gasteiger partial charge in [-0.05, 0) is 52.4 Å². The quantitative estimate of drug-likeness (QED) is 0.921. The van der Waals surface area contributed by atoms with Gasteiger partial charge in [-0.15, -0.1) is 0 Å². The van der Waals surface area contributed by atoms with E-state index in [-0.39, 0.29) is 0 Å². The summed E-state index contributed by atoms with van der Waals surface area (Å²) >= 11 is 3.57. The van der Waals surface area contributed by atoms with Crippen LogP contribution in [-0.2, 0) is 6.54 Å². The highest BCUT2D eigenvalue weighted by Gasteiger charge is 2.36. The fourth-order valence-electron chi connectivity index (χ4n) is 2.95. The minimum Gasteiger partial charge on any atom is -0.496 e. The van der Waals surface area contributed by atoms with Crippen LogP contribution in [0.1, 0.15) is 18.4 Å². The summed E-state index contributed by atoms with van der Waals surface area (Å²) in [6.45, 7) is 4.47. The maximum absolute atomic E-state index is 5.29. The summed E-state index contributed by atoms with van der Waals surface area (Å²) in [5.41, 5.74) is 1.36. The van der Waals surface area contributed by atoms with Crippen molar-refractivity contribution < 1.29 is 4.74 Å². The molecule has 1 atom stereocenters. The number of benzene rings is 1. The second-order valence-corrected chi connectivity index (χ2v) is 6.40. The molecule has 1 saturated heterocycles.